The van der Waals surface area contributed by atoms with Crippen molar-refractivity contribution in [3.63, 3.8) is 0 Å². The lowest BCUT2D eigenvalue weighted by molar-refractivity contribution is 0.458. The van der Waals surface area contributed by atoms with Crippen LogP contribution in [0.3, 0.4) is 0 Å². The van der Waals surface area contributed by atoms with Gasteiger partial charge >= 0.3 is 0 Å². The van der Waals surface area contributed by atoms with Crippen LogP contribution in [0.5, 0.6) is 0 Å². The van der Waals surface area contributed by atoms with Crippen LogP contribution in [0, 0.1) is 0 Å². The second-order valence-electron chi connectivity index (χ2n) is 8.79. The molecule has 0 amide bonds. The van der Waals surface area contributed by atoms with Crippen molar-refractivity contribution < 1.29 is 0 Å². The van der Waals surface area contributed by atoms with Gasteiger partial charge in [-0.1, -0.05) is 83.0 Å². The molecule has 0 aromatic heterocycles. The molecule has 2 nitrogen and oxygen atoms in total. The van der Waals surface area contributed by atoms with E-state index in [-0.39, 0.29) is 6.04 Å². The number of aliphatic imine (C=N–C) groups is 1. The summed E-state index contributed by atoms with van der Waals surface area (Å²) in [4.78, 5) is 7.61. The van der Waals surface area contributed by atoms with Gasteiger partial charge in [-0.05, 0) is 89.6 Å². The third-order valence-corrected chi connectivity index (χ3v) is 8.17. The maximum atomic E-state index is 6.27. The number of hydrogen-bond donors (Lipinski definition) is 0. The van der Waals surface area contributed by atoms with Gasteiger partial charge in [0.15, 0.2) is 5.17 Å². The molecule has 6 rings (SSSR count). The Labute approximate surface area is 224 Å². The summed E-state index contributed by atoms with van der Waals surface area (Å²) in [5, 5.41) is 5.42. The van der Waals surface area contributed by atoms with Gasteiger partial charge in [0.2, 0.25) is 0 Å². The summed E-state index contributed by atoms with van der Waals surface area (Å²) < 4.78 is 0. The number of halogens is 3. The summed E-state index contributed by atoms with van der Waals surface area (Å²) >= 11 is 20.2. The Morgan fingerprint density at radius 3 is 2.11 bits per heavy atom. The van der Waals surface area contributed by atoms with E-state index >= 15 is 0 Å². The lowest BCUT2D eigenvalue weighted by Crippen LogP contribution is -2.34. The largest absolute Gasteiger partial charge is 0.308 e. The first-order valence-electron chi connectivity index (χ1n) is 11.5. The number of nitrogens with zero attached hydrogens (tertiary/aromatic N) is 2. The van der Waals surface area contributed by atoms with Gasteiger partial charge in [0.25, 0.3) is 0 Å². The standard InChI is InChI=1S/C29H21Cl3N2S/c30-22-10-4-18(5-11-22)16-21-2-1-3-25-27(21)33-29-34(28(25)20-8-14-24(32)15-9-20)26(17-35-29)19-6-12-23(31)13-7-19/h4-17,28H,1-3H2. The van der Waals surface area contributed by atoms with Crippen molar-refractivity contribution in [3.8, 4) is 0 Å². The summed E-state index contributed by atoms with van der Waals surface area (Å²) in [6.07, 6.45) is 5.37. The summed E-state index contributed by atoms with van der Waals surface area (Å²) in [6.45, 7) is 0. The van der Waals surface area contributed by atoms with Gasteiger partial charge in [-0.3, -0.25) is 0 Å². The van der Waals surface area contributed by atoms with Crippen LogP contribution in [-0.4, -0.2) is 10.1 Å². The highest BCUT2D eigenvalue weighted by Gasteiger charge is 2.40. The Hall–Kier alpha value is -2.43. The topological polar surface area (TPSA) is 15.6 Å². The minimum absolute atomic E-state index is 0.0561. The van der Waals surface area contributed by atoms with Crippen LogP contribution in [0.4, 0.5) is 0 Å². The fraction of sp³-hybridized carbons (Fsp3) is 0.138. The Morgan fingerprint density at radius 2 is 1.43 bits per heavy atom. The van der Waals surface area contributed by atoms with Gasteiger partial charge in [0, 0.05) is 20.5 Å². The summed E-state index contributed by atoms with van der Waals surface area (Å²) in [6, 6.07) is 24.3. The lowest BCUT2D eigenvalue weighted by atomic mass is 9.83. The second kappa shape index (κ2) is 9.55. The van der Waals surface area contributed by atoms with E-state index in [1.54, 1.807) is 11.8 Å². The molecule has 0 radical (unpaired) electrons. The number of hydrogen-bond acceptors (Lipinski definition) is 3. The van der Waals surface area contributed by atoms with E-state index in [4.69, 9.17) is 39.8 Å². The Kier molecular flexibility index (Phi) is 6.28. The van der Waals surface area contributed by atoms with Crippen LogP contribution in [0.1, 0.15) is 42.0 Å². The molecule has 2 aliphatic heterocycles. The van der Waals surface area contributed by atoms with Crippen molar-refractivity contribution in [2.45, 2.75) is 25.3 Å². The van der Waals surface area contributed by atoms with Crippen LogP contribution in [0.25, 0.3) is 11.8 Å². The van der Waals surface area contributed by atoms with E-state index in [0.717, 1.165) is 62.0 Å². The molecule has 0 saturated carbocycles. The first-order chi connectivity index (χ1) is 17.1. The number of rotatable bonds is 3. The predicted octanol–water partition coefficient (Wildman–Crippen LogP) is 9.63. The molecule has 0 spiro atoms. The van der Waals surface area contributed by atoms with Gasteiger partial charge < -0.3 is 4.90 Å². The van der Waals surface area contributed by atoms with Crippen molar-refractivity contribution in [2.24, 2.45) is 4.99 Å². The minimum Gasteiger partial charge on any atom is -0.308 e. The molecule has 1 atom stereocenters. The Balaban J connectivity index is 1.48. The third-order valence-electron chi connectivity index (χ3n) is 6.57. The number of fused-ring (bicyclic) bond motifs is 1. The number of amidine groups is 1. The van der Waals surface area contributed by atoms with Crippen molar-refractivity contribution >= 4 is 63.5 Å². The van der Waals surface area contributed by atoms with Gasteiger partial charge in [0.1, 0.15) is 0 Å². The predicted molar refractivity (Wildman–Crippen MR) is 151 cm³/mol. The molecule has 174 valence electrons. The molecule has 1 aliphatic carbocycles. The fourth-order valence-corrected chi connectivity index (χ4v) is 6.26. The van der Waals surface area contributed by atoms with Gasteiger partial charge in [-0.25, -0.2) is 4.99 Å². The number of benzene rings is 3. The third kappa shape index (κ3) is 4.47. The monoisotopic (exact) mass is 534 g/mol. The van der Waals surface area contributed by atoms with Crippen LogP contribution in [0.2, 0.25) is 15.1 Å². The van der Waals surface area contributed by atoms with E-state index < -0.39 is 0 Å². The first-order valence-corrected chi connectivity index (χ1v) is 13.5. The lowest BCUT2D eigenvalue weighted by Gasteiger charge is -2.40. The van der Waals surface area contributed by atoms with Crippen LogP contribution in [0.15, 0.2) is 100 Å². The Bertz CT molecular complexity index is 1400. The fourth-order valence-electron chi connectivity index (χ4n) is 4.95. The number of allylic oxidation sites excluding steroid dienone is 1. The average Bonchev–Trinajstić information content (AvgIpc) is 3.29. The van der Waals surface area contributed by atoms with Crippen molar-refractivity contribution in [1.29, 1.82) is 0 Å². The van der Waals surface area contributed by atoms with E-state index in [1.807, 2.05) is 36.4 Å². The Morgan fingerprint density at radius 1 is 0.800 bits per heavy atom. The summed E-state index contributed by atoms with van der Waals surface area (Å²) in [5.41, 5.74) is 8.38. The quantitative estimate of drug-likeness (QED) is 0.332. The normalized spacial score (nSPS) is 20.5. The molecule has 1 unspecified atom stereocenters. The molecule has 0 N–H and O–H groups in total. The van der Waals surface area contributed by atoms with Crippen molar-refractivity contribution in [2.75, 3.05) is 0 Å². The zero-order valence-electron chi connectivity index (χ0n) is 18.7. The van der Waals surface area contributed by atoms with Crippen molar-refractivity contribution in [1.82, 2.24) is 4.90 Å². The minimum atomic E-state index is 0.0561. The SMILES string of the molecule is Clc1ccc(C=C2CCCC3=C2N=C2SC=C(c4ccc(Cl)cc4)N2C3c2ccc(Cl)cc2)cc1. The summed E-state index contributed by atoms with van der Waals surface area (Å²) in [7, 11) is 0. The van der Waals surface area contributed by atoms with E-state index in [1.165, 1.54) is 16.7 Å². The smallest absolute Gasteiger partial charge is 0.174 e. The zero-order valence-corrected chi connectivity index (χ0v) is 21.8. The highest BCUT2D eigenvalue weighted by molar-refractivity contribution is 8.16. The van der Waals surface area contributed by atoms with E-state index in [0.29, 0.717) is 0 Å². The summed E-state index contributed by atoms with van der Waals surface area (Å²) in [5.74, 6) is 0. The molecule has 3 aliphatic rings. The molecule has 35 heavy (non-hydrogen) atoms. The number of thioether (sulfide) groups is 1. The zero-order chi connectivity index (χ0) is 23.9. The van der Waals surface area contributed by atoms with Gasteiger partial charge in [-0.2, -0.15) is 0 Å². The molecular formula is C29H21Cl3N2S. The van der Waals surface area contributed by atoms with E-state index in [9.17, 15) is 0 Å². The molecule has 3 aromatic rings. The highest BCUT2D eigenvalue weighted by atomic mass is 35.5. The van der Waals surface area contributed by atoms with Gasteiger partial charge in [-0.15, -0.1) is 0 Å². The molecule has 0 fully saturated rings. The second-order valence-corrected chi connectivity index (χ2v) is 10.9. The first kappa shape index (κ1) is 23.0. The van der Waals surface area contributed by atoms with E-state index in [2.05, 4.69) is 52.8 Å². The highest BCUT2D eigenvalue weighted by Crippen LogP contribution is 2.51. The molecular weight excluding hydrogens is 515 g/mol. The van der Waals surface area contributed by atoms with Crippen LogP contribution >= 0.6 is 46.6 Å². The van der Waals surface area contributed by atoms with Crippen molar-refractivity contribution in [3.05, 3.63) is 127 Å². The molecule has 0 saturated heterocycles. The maximum absolute atomic E-state index is 6.27. The average molecular weight is 536 g/mol. The van der Waals surface area contributed by atoms with Crippen LogP contribution in [-0.2, 0) is 0 Å². The van der Waals surface area contributed by atoms with Crippen LogP contribution < -0.4 is 0 Å². The maximum Gasteiger partial charge on any atom is 0.174 e. The molecule has 2 heterocycles. The van der Waals surface area contributed by atoms with Gasteiger partial charge in [0.05, 0.1) is 17.4 Å². The molecule has 0 bridgehead atoms. The molecule has 6 heteroatoms. The molecule has 3 aromatic carbocycles.